The summed E-state index contributed by atoms with van der Waals surface area (Å²) in [5.41, 5.74) is 4.06. The highest BCUT2D eigenvalue weighted by atomic mass is 79.9. The normalized spacial score (nSPS) is 12.7. The molecule has 5 heteroatoms. The SMILES string of the molecule is Cc1cc(Br)c(F)cc1NC(=O)c1ccc2c(c1)NCC2. The first-order valence-corrected chi connectivity index (χ1v) is 7.47. The number of rotatable bonds is 2. The fourth-order valence-electron chi connectivity index (χ4n) is 2.41. The average molecular weight is 349 g/mol. The molecule has 2 N–H and O–H groups in total. The molecule has 0 spiro atoms. The first-order chi connectivity index (χ1) is 10.0. The lowest BCUT2D eigenvalue weighted by Crippen LogP contribution is -2.13. The molecule has 2 aromatic rings. The van der Waals surface area contributed by atoms with Crippen molar-refractivity contribution in [3.63, 3.8) is 0 Å². The van der Waals surface area contributed by atoms with E-state index in [0.717, 1.165) is 24.2 Å². The minimum absolute atomic E-state index is 0.240. The molecule has 0 saturated carbocycles. The van der Waals surface area contributed by atoms with Gasteiger partial charge in [0.2, 0.25) is 0 Å². The van der Waals surface area contributed by atoms with E-state index in [0.29, 0.717) is 15.7 Å². The molecule has 0 fully saturated rings. The van der Waals surface area contributed by atoms with E-state index >= 15 is 0 Å². The predicted molar refractivity (Wildman–Crippen MR) is 85.4 cm³/mol. The van der Waals surface area contributed by atoms with Crippen molar-refractivity contribution in [3.05, 3.63) is 57.3 Å². The van der Waals surface area contributed by atoms with Crippen molar-refractivity contribution in [3.8, 4) is 0 Å². The van der Waals surface area contributed by atoms with Gasteiger partial charge in [-0.25, -0.2) is 4.39 Å². The van der Waals surface area contributed by atoms with E-state index in [-0.39, 0.29) is 5.91 Å². The fraction of sp³-hybridized carbons (Fsp3) is 0.188. The topological polar surface area (TPSA) is 41.1 Å². The highest BCUT2D eigenvalue weighted by Gasteiger charge is 2.15. The largest absolute Gasteiger partial charge is 0.384 e. The number of anilines is 2. The number of halogens is 2. The highest BCUT2D eigenvalue weighted by Crippen LogP contribution is 2.26. The number of nitrogens with one attached hydrogen (secondary N) is 2. The third-order valence-electron chi connectivity index (χ3n) is 3.60. The van der Waals surface area contributed by atoms with E-state index in [2.05, 4.69) is 26.6 Å². The predicted octanol–water partition coefficient (Wildman–Crippen LogP) is 4.12. The molecule has 0 aliphatic carbocycles. The molecule has 0 aromatic heterocycles. The molecule has 0 saturated heterocycles. The lowest BCUT2D eigenvalue weighted by Gasteiger charge is -2.10. The van der Waals surface area contributed by atoms with Crippen LogP contribution in [0.15, 0.2) is 34.8 Å². The monoisotopic (exact) mass is 348 g/mol. The molecule has 3 nitrogen and oxygen atoms in total. The van der Waals surface area contributed by atoms with Gasteiger partial charge in [0.1, 0.15) is 5.82 Å². The maximum absolute atomic E-state index is 13.6. The van der Waals surface area contributed by atoms with Crippen LogP contribution in [-0.4, -0.2) is 12.5 Å². The summed E-state index contributed by atoms with van der Waals surface area (Å²) in [4.78, 5) is 12.3. The van der Waals surface area contributed by atoms with Gasteiger partial charge < -0.3 is 10.6 Å². The summed E-state index contributed by atoms with van der Waals surface area (Å²) < 4.78 is 14.0. The van der Waals surface area contributed by atoms with Crippen LogP contribution in [0.2, 0.25) is 0 Å². The molecule has 0 bridgehead atoms. The van der Waals surface area contributed by atoms with E-state index in [1.165, 1.54) is 11.6 Å². The summed E-state index contributed by atoms with van der Waals surface area (Å²) in [6, 6.07) is 8.56. The van der Waals surface area contributed by atoms with Crippen LogP contribution in [0.1, 0.15) is 21.5 Å². The molecule has 0 unspecified atom stereocenters. The maximum Gasteiger partial charge on any atom is 0.255 e. The third-order valence-corrected chi connectivity index (χ3v) is 4.21. The Labute approximate surface area is 130 Å². The number of hydrogen-bond acceptors (Lipinski definition) is 2. The van der Waals surface area contributed by atoms with Crippen molar-refractivity contribution < 1.29 is 9.18 Å². The number of hydrogen-bond donors (Lipinski definition) is 2. The summed E-state index contributed by atoms with van der Waals surface area (Å²) in [5.74, 6) is -0.636. The Kier molecular flexibility index (Phi) is 3.68. The van der Waals surface area contributed by atoms with Crippen LogP contribution in [0, 0.1) is 12.7 Å². The minimum atomic E-state index is -0.397. The zero-order chi connectivity index (χ0) is 15.0. The summed E-state index contributed by atoms with van der Waals surface area (Å²) in [7, 11) is 0. The number of aryl methyl sites for hydroxylation is 1. The van der Waals surface area contributed by atoms with Crippen molar-refractivity contribution in [1.82, 2.24) is 0 Å². The molecule has 1 amide bonds. The van der Waals surface area contributed by atoms with Gasteiger partial charge in [0.15, 0.2) is 0 Å². The summed E-state index contributed by atoms with van der Waals surface area (Å²) in [6.07, 6.45) is 0.980. The number of benzene rings is 2. The van der Waals surface area contributed by atoms with Gasteiger partial charge in [-0.15, -0.1) is 0 Å². The average Bonchev–Trinajstić information content (AvgIpc) is 2.92. The van der Waals surface area contributed by atoms with Crippen LogP contribution in [0.3, 0.4) is 0 Å². The van der Waals surface area contributed by atoms with Gasteiger partial charge >= 0.3 is 0 Å². The molecule has 1 aliphatic rings. The third kappa shape index (κ3) is 2.78. The number of carbonyl (C=O) groups is 1. The fourth-order valence-corrected chi connectivity index (χ4v) is 2.87. The Morgan fingerprint density at radius 2 is 2.14 bits per heavy atom. The standard InChI is InChI=1S/C16H14BrFN2O/c1-9-6-12(17)13(18)8-14(9)20-16(21)11-3-2-10-4-5-19-15(10)7-11/h2-3,6-8,19H,4-5H2,1H3,(H,20,21). The lowest BCUT2D eigenvalue weighted by molar-refractivity contribution is 0.102. The zero-order valence-corrected chi connectivity index (χ0v) is 13.1. The molecule has 0 radical (unpaired) electrons. The van der Waals surface area contributed by atoms with Crippen molar-refractivity contribution in [2.45, 2.75) is 13.3 Å². The molecular formula is C16H14BrFN2O. The molecule has 3 rings (SSSR count). The second kappa shape index (κ2) is 5.48. The lowest BCUT2D eigenvalue weighted by atomic mass is 10.1. The zero-order valence-electron chi connectivity index (χ0n) is 11.5. The first-order valence-electron chi connectivity index (χ1n) is 6.68. The van der Waals surface area contributed by atoms with E-state index < -0.39 is 5.82 Å². The second-order valence-corrected chi connectivity index (χ2v) is 5.94. The van der Waals surface area contributed by atoms with Crippen LogP contribution in [0.4, 0.5) is 15.8 Å². The van der Waals surface area contributed by atoms with Crippen LogP contribution >= 0.6 is 15.9 Å². The first kappa shape index (κ1) is 14.1. The molecule has 2 aromatic carbocycles. The summed E-state index contributed by atoms with van der Waals surface area (Å²) in [6.45, 7) is 2.72. The van der Waals surface area contributed by atoms with Crippen LogP contribution < -0.4 is 10.6 Å². The summed E-state index contributed by atoms with van der Waals surface area (Å²) >= 11 is 3.13. The van der Waals surface area contributed by atoms with Gasteiger partial charge in [-0.1, -0.05) is 6.07 Å². The number of amides is 1. The minimum Gasteiger partial charge on any atom is -0.384 e. The van der Waals surface area contributed by atoms with Crippen LogP contribution in [0.5, 0.6) is 0 Å². The van der Waals surface area contributed by atoms with E-state index in [1.807, 2.05) is 19.1 Å². The summed E-state index contributed by atoms with van der Waals surface area (Å²) in [5, 5.41) is 6.00. The maximum atomic E-state index is 13.6. The number of carbonyl (C=O) groups excluding carboxylic acids is 1. The van der Waals surface area contributed by atoms with E-state index in [4.69, 9.17) is 0 Å². The van der Waals surface area contributed by atoms with Gasteiger partial charge in [-0.2, -0.15) is 0 Å². The molecule has 21 heavy (non-hydrogen) atoms. The Hall–Kier alpha value is -1.88. The highest BCUT2D eigenvalue weighted by molar-refractivity contribution is 9.10. The number of fused-ring (bicyclic) bond motifs is 1. The Balaban J connectivity index is 1.85. The molecule has 1 heterocycles. The van der Waals surface area contributed by atoms with Crippen molar-refractivity contribution in [2.24, 2.45) is 0 Å². The van der Waals surface area contributed by atoms with Crippen LogP contribution in [-0.2, 0) is 6.42 Å². The molecule has 108 valence electrons. The van der Waals surface area contributed by atoms with E-state index in [9.17, 15) is 9.18 Å². The Bertz CT molecular complexity index is 730. The Morgan fingerprint density at radius 3 is 2.95 bits per heavy atom. The smallest absolute Gasteiger partial charge is 0.255 e. The van der Waals surface area contributed by atoms with Crippen molar-refractivity contribution >= 4 is 33.2 Å². The van der Waals surface area contributed by atoms with E-state index in [1.54, 1.807) is 12.1 Å². The van der Waals surface area contributed by atoms with Crippen molar-refractivity contribution in [2.75, 3.05) is 17.2 Å². The van der Waals surface area contributed by atoms with Gasteiger partial charge in [-0.3, -0.25) is 4.79 Å². The Morgan fingerprint density at radius 1 is 1.33 bits per heavy atom. The van der Waals surface area contributed by atoms with Crippen molar-refractivity contribution in [1.29, 1.82) is 0 Å². The molecule has 0 atom stereocenters. The second-order valence-electron chi connectivity index (χ2n) is 5.08. The van der Waals surface area contributed by atoms with Gasteiger partial charge in [-0.05, 0) is 64.7 Å². The van der Waals surface area contributed by atoms with Gasteiger partial charge in [0, 0.05) is 23.5 Å². The molecule has 1 aliphatic heterocycles. The van der Waals surface area contributed by atoms with Crippen LogP contribution in [0.25, 0.3) is 0 Å². The van der Waals surface area contributed by atoms with Gasteiger partial charge in [0.25, 0.3) is 5.91 Å². The van der Waals surface area contributed by atoms with Gasteiger partial charge in [0.05, 0.1) is 4.47 Å². The molecular weight excluding hydrogens is 335 g/mol. The quantitative estimate of drug-likeness (QED) is 0.857.